The molecule has 1 aromatic heterocycles. The van der Waals surface area contributed by atoms with Crippen LogP contribution in [0.2, 0.25) is 0 Å². The maximum atomic E-state index is 13.1. The smallest absolute Gasteiger partial charge is 0.223 e. The van der Waals surface area contributed by atoms with Gasteiger partial charge in [-0.1, -0.05) is 19.3 Å². The molecule has 21 heavy (non-hydrogen) atoms. The topological polar surface area (TPSA) is 57.8 Å². The van der Waals surface area contributed by atoms with Crippen LogP contribution in [0.25, 0.3) is 11.0 Å². The van der Waals surface area contributed by atoms with Gasteiger partial charge in [0, 0.05) is 18.9 Å². The van der Waals surface area contributed by atoms with Gasteiger partial charge in [0.1, 0.15) is 11.6 Å². The first-order valence-corrected chi connectivity index (χ1v) is 7.64. The highest BCUT2D eigenvalue weighted by molar-refractivity contribution is 5.78. The standard InChI is InChI=1S/C16H20FN3O/c17-12-6-7-13-14(10-12)20-15(19-13)8-9-18-16(21)11-4-2-1-3-5-11/h6-7,10-11H,1-5,8-9H2,(H,18,21)(H,19,20). The van der Waals surface area contributed by atoms with E-state index < -0.39 is 0 Å². The molecule has 5 heteroatoms. The van der Waals surface area contributed by atoms with Gasteiger partial charge < -0.3 is 10.3 Å². The number of aromatic amines is 1. The number of nitrogens with one attached hydrogen (secondary N) is 2. The zero-order valence-corrected chi connectivity index (χ0v) is 12.0. The van der Waals surface area contributed by atoms with Gasteiger partial charge in [-0.25, -0.2) is 9.37 Å². The molecule has 1 aliphatic rings. The van der Waals surface area contributed by atoms with Gasteiger partial charge in [-0.3, -0.25) is 4.79 Å². The maximum Gasteiger partial charge on any atom is 0.223 e. The largest absolute Gasteiger partial charge is 0.355 e. The third-order valence-electron chi connectivity index (χ3n) is 4.13. The number of fused-ring (bicyclic) bond motifs is 1. The van der Waals surface area contributed by atoms with Crippen LogP contribution in [0.1, 0.15) is 37.9 Å². The Kier molecular flexibility index (Phi) is 4.18. The molecular weight excluding hydrogens is 269 g/mol. The lowest BCUT2D eigenvalue weighted by atomic mass is 9.89. The quantitative estimate of drug-likeness (QED) is 0.909. The average molecular weight is 289 g/mol. The van der Waals surface area contributed by atoms with Crippen molar-refractivity contribution in [2.75, 3.05) is 6.54 Å². The average Bonchev–Trinajstić information content (AvgIpc) is 2.89. The summed E-state index contributed by atoms with van der Waals surface area (Å²) < 4.78 is 13.1. The second-order valence-electron chi connectivity index (χ2n) is 5.72. The fourth-order valence-corrected chi connectivity index (χ4v) is 2.97. The molecule has 2 N–H and O–H groups in total. The van der Waals surface area contributed by atoms with E-state index in [2.05, 4.69) is 15.3 Å². The van der Waals surface area contributed by atoms with E-state index in [0.29, 0.717) is 18.5 Å². The first-order valence-electron chi connectivity index (χ1n) is 7.64. The van der Waals surface area contributed by atoms with Crippen molar-refractivity contribution in [1.82, 2.24) is 15.3 Å². The summed E-state index contributed by atoms with van der Waals surface area (Å²) in [4.78, 5) is 19.5. The molecule has 1 saturated carbocycles. The molecule has 0 radical (unpaired) electrons. The molecule has 2 aromatic rings. The first-order chi connectivity index (χ1) is 10.2. The number of benzene rings is 1. The number of hydrogen-bond acceptors (Lipinski definition) is 2. The van der Waals surface area contributed by atoms with Crippen molar-refractivity contribution in [3.8, 4) is 0 Å². The van der Waals surface area contributed by atoms with E-state index in [-0.39, 0.29) is 17.6 Å². The maximum absolute atomic E-state index is 13.1. The number of hydrogen-bond donors (Lipinski definition) is 2. The molecular formula is C16H20FN3O. The van der Waals surface area contributed by atoms with Crippen LogP contribution in [-0.4, -0.2) is 22.4 Å². The summed E-state index contributed by atoms with van der Waals surface area (Å²) in [6.45, 7) is 0.567. The van der Waals surface area contributed by atoms with Gasteiger partial charge in [-0.15, -0.1) is 0 Å². The third-order valence-corrected chi connectivity index (χ3v) is 4.13. The van der Waals surface area contributed by atoms with Crippen molar-refractivity contribution in [2.24, 2.45) is 5.92 Å². The number of carbonyl (C=O) groups is 1. The van der Waals surface area contributed by atoms with Gasteiger partial charge in [0.2, 0.25) is 5.91 Å². The van der Waals surface area contributed by atoms with Crippen LogP contribution in [0, 0.1) is 11.7 Å². The molecule has 0 unspecified atom stereocenters. The molecule has 0 aliphatic heterocycles. The summed E-state index contributed by atoms with van der Waals surface area (Å²) in [7, 11) is 0. The molecule has 1 aliphatic carbocycles. The summed E-state index contributed by atoms with van der Waals surface area (Å²) in [6.07, 6.45) is 6.22. The van der Waals surface area contributed by atoms with Crippen LogP contribution >= 0.6 is 0 Å². The number of carbonyl (C=O) groups excluding carboxylic acids is 1. The van der Waals surface area contributed by atoms with Gasteiger partial charge in [0.25, 0.3) is 0 Å². The highest BCUT2D eigenvalue weighted by atomic mass is 19.1. The van der Waals surface area contributed by atoms with Crippen LogP contribution in [0.3, 0.4) is 0 Å². The van der Waals surface area contributed by atoms with E-state index in [1.807, 2.05) is 0 Å². The fourth-order valence-electron chi connectivity index (χ4n) is 2.97. The summed E-state index contributed by atoms with van der Waals surface area (Å²) in [5, 5.41) is 2.98. The Morgan fingerprint density at radius 2 is 2.14 bits per heavy atom. The predicted molar refractivity (Wildman–Crippen MR) is 79.3 cm³/mol. The SMILES string of the molecule is O=C(NCCc1nc2ccc(F)cc2[nH]1)C1CCCCC1. The molecule has 1 amide bonds. The van der Waals surface area contributed by atoms with Crippen molar-refractivity contribution in [3.63, 3.8) is 0 Å². The summed E-state index contributed by atoms with van der Waals surface area (Å²) in [6, 6.07) is 4.50. The Bertz CT molecular complexity index is 631. The third kappa shape index (κ3) is 3.40. The monoisotopic (exact) mass is 289 g/mol. The lowest BCUT2D eigenvalue weighted by molar-refractivity contribution is -0.125. The van der Waals surface area contributed by atoms with Gasteiger partial charge in [0.15, 0.2) is 0 Å². The van der Waals surface area contributed by atoms with Gasteiger partial charge in [0.05, 0.1) is 11.0 Å². The lowest BCUT2D eigenvalue weighted by Gasteiger charge is -2.20. The zero-order chi connectivity index (χ0) is 14.7. The molecule has 0 saturated heterocycles. The molecule has 0 bridgehead atoms. The van der Waals surface area contributed by atoms with Crippen molar-refractivity contribution >= 4 is 16.9 Å². The number of amides is 1. The zero-order valence-electron chi connectivity index (χ0n) is 12.0. The van der Waals surface area contributed by atoms with E-state index in [1.54, 1.807) is 6.07 Å². The summed E-state index contributed by atoms with van der Waals surface area (Å²) in [5.74, 6) is 0.850. The minimum atomic E-state index is -0.275. The first kappa shape index (κ1) is 14.0. The minimum Gasteiger partial charge on any atom is -0.355 e. The highest BCUT2D eigenvalue weighted by Crippen LogP contribution is 2.23. The molecule has 1 aromatic carbocycles. The van der Waals surface area contributed by atoms with Gasteiger partial charge in [-0.2, -0.15) is 0 Å². The number of halogens is 1. The second-order valence-corrected chi connectivity index (χ2v) is 5.72. The minimum absolute atomic E-state index is 0.164. The van der Waals surface area contributed by atoms with Crippen LogP contribution in [0.5, 0.6) is 0 Å². The second kappa shape index (κ2) is 6.24. The van der Waals surface area contributed by atoms with Crippen molar-refractivity contribution in [1.29, 1.82) is 0 Å². The van der Waals surface area contributed by atoms with E-state index >= 15 is 0 Å². The summed E-state index contributed by atoms with van der Waals surface area (Å²) >= 11 is 0. The number of rotatable bonds is 4. The molecule has 1 fully saturated rings. The molecule has 3 rings (SSSR count). The van der Waals surface area contributed by atoms with Crippen LogP contribution in [0.4, 0.5) is 4.39 Å². The van der Waals surface area contributed by atoms with Gasteiger partial charge in [-0.05, 0) is 31.0 Å². The highest BCUT2D eigenvalue weighted by Gasteiger charge is 2.20. The van der Waals surface area contributed by atoms with E-state index in [0.717, 1.165) is 37.0 Å². The van der Waals surface area contributed by atoms with Crippen LogP contribution < -0.4 is 5.32 Å². The molecule has 112 valence electrons. The van der Waals surface area contributed by atoms with E-state index in [9.17, 15) is 9.18 Å². The normalized spacial score (nSPS) is 16.2. The molecule has 0 spiro atoms. The van der Waals surface area contributed by atoms with Crippen molar-refractivity contribution in [3.05, 3.63) is 29.8 Å². The number of aromatic nitrogens is 2. The van der Waals surface area contributed by atoms with Gasteiger partial charge >= 0.3 is 0 Å². The van der Waals surface area contributed by atoms with E-state index in [1.165, 1.54) is 18.6 Å². The lowest BCUT2D eigenvalue weighted by Crippen LogP contribution is -2.33. The Hall–Kier alpha value is -1.91. The van der Waals surface area contributed by atoms with E-state index in [4.69, 9.17) is 0 Å². The molecule has 4 nitrogen and oxygen atoms in total. The fraction of sp³-hybridized carbons (Fsp3) is 0.500. The summed E-state index contributed by atoms with van der Waals surface area (Å²) in [5.41, 5.74) is 1.45. The van der Waals surface area contributed by atoms with Crippen LogP contribution in [-0.2, 0) is 11.2 Å². The molecule has 0 atom stereocenters. The number of nitrogens with zero attached hydrogens (tertiary/aromatic N) is 1. The Balaban J connectivity index is 1.53. The van der Waals surface area contributed by atoms with Crippen molar-refractivity contribution in [2.45, 2.75) is 38.5 Å². The molecule has 1 heterocycles. The van der Waals surface area contributed by atoms with Crippen LogP contribution in [0.15, 0.2) is 18.2 Å². The predicted octanol–water partition coefficient (Wildman–Crippen LogP) is 2.94. The number of H-pyrrole nitrogens is 1. The number of imidazole rings is 1. The Morgan fingerprint density at radius 1 is 1.33 bits per heavy atom. The van der Waals surface area contributed by atoms with Crippen molar-refractivity contribution < 1.29 is 9.18 Å². The Morgan fingerprint density at radius 3 is 2.95 bits per heavy atom. The Labute approximate surface area is 123 Å².